The molecule has 0 aliphatic heterocycles. The molecule has 0 saturated carbocycles. The van der Waals surface area contributed by atoms with E-state index in [4.69, 9.17) is 9.47 Å². The summed E-state index contributed by atoms with van der Waals surface area (Å²) in [5.41, 5.74) is 0.927. The van der Waals surface area contributed by atoms with Gasteiger partial charge in [-0.1, -0.05) is 34.1 Å². The normalized spacial score (nSPS) is 11.8. The summed E-state index contributed by atoms with van der Waals surface area (Å²) < 4.78 is 10.3. The molecule has 0 heterocycles. The van der Waals surface area contributed by atoms with Gasteiger partial charge >= 0.3 is 11.9 Å². The van der Waals surface area contributed by atoms with E-state index in [1.165, 1.54) is 0 Å². The quantitative estimate of drug-likeness (QED) is 0.476. The number of esters is 2. The number of rotatable bonds is 9. The van der Waals surface area contributed by atoms with E-state index >= 15 is 0 Å². The highest BCUT2D eigenvalue weighted by molar-refractivity contribution is 6.00. The van der Waals surface area contributed by atoms with Crippen molar-refractivity contribution in [3.63, 3.8) is 0 Å². The summed E-state index contributed by atoms with van der Waals surface area (Å²) in [5, 5.41) is 0. The minimum Gasteiger partial charge on any atom is -0.462 e. The van der Waals surface area contributed by atoms with Gasteiger partial charge in [0, 0.05) is 11.1 Å². The molecule has 0 rings (SSSR count). The topological polar surface area (TPSA) is 52.6 Å². The largest absolute Gasteiger partial charge is 0.462 e. The second-order valence-electron chi connectivity index (χ2n) is 4.33. The van der Waals surface area contributed by atoms with E-state index < -0.39 is 0 Å². The molecule has 0 aliphatic rings. The highest BCUT2D eigenvalue weighted by Crippen LogP contribution is 2.18. The van der Waals surface area contributed by atoms with Crippen molar-refractivity contribution < 1.29 is 19.1 Å². The van der Waals surface area contributed by atoms with E-state index in [1.54, 1.807) is 0 Å². The van der Waals surface area contributed by atoms with Gasteiger partial charge in [-0.15, -0.1) is 0 Å². The molecule has 0 fully saturated rings. The zero-order chi connectivity index (χ0) is 14.7. The van der Waals surface area contributed by atoms with E-state index in [0.717, 1.165) is 19.3 Å². The fraction of sp³-hybridized carbons (Fsp3) is 0.733. The monoisotopic (exact) mass is 270 g/mol. The van der Waals surface area contributed by atoms with Gasteiger partial charge in [0.15, 0.2) is 0 Å². The van der Waals surface area contributed by atoms with Gasteiger partial charge in [-0.25, -0.2) is 9.59 Å². The highest BCUT2D eigenvalue weighted by Gasteiger charge is 2.21. The van der Waals surface area contributed by atoms with Crippen molar-refractivity contribution in [2.75, 3.05) is 13.2 Å². The van der Waals surface area contributed by atoms with Crippen molar-refractivity contribution >= 4 is 11.9 Å². The lowest BCUT2D eigenvalue weighted by molar-refractivity contribution is -0.142. The van der Waals surface area contributed by atoms with Gasteiger partial charge in [0.05, 0.1) is 13.2 Å². The smallest absolute Gasteiger partial charge is 0.334 e. The van der Waals surface area contributed by atoms with E-state index in [2.05, 4.69) is 0 Å². The molecule has 0 amide bonds. The van der Waals surface area contributed by atoms with Crippen LogP contribution in [0.2, 0.25) is 0 Å². The predicted octanol–water partition coefficient (Wildman–Crippen LogP) is 3.40. The second kappa shape index (κ2) is 10.6. The summed E-state index contributed by atoms with van der Waals surface area (Å²) in [6.07, 6.45) is 3.37. The molecule has 0 aromatic carbocycles. The van der Waals surface area contributed by atoms with Gasteiger partial charge < -0.3 is 9.47 Å². The van der Waals surface area contributed by atoms with Gasteiger partial charge in [-0.2, -0.15) is 0 Å². The van der Waals surface area contributed by atoms with Crippen molar-refractivity contribution in [3.8, 4) is 0 Å². The summed E-state index contributed by atoms with van der Waals surface area (Å²) >= 11 is 0. The Bertz CT molecular complexity index is 318. The lowest BCUT2D eigenvalue weighted by atomic mass is 10.0. The summed E-state index contributed by atoms with van der Waals surface area (Å²) in [7, 11) is 0. The Morgan fingerprint density at radius 2 is 1.21 bits per heavy atom. The fourth-order valence-electron chi connectivity index (χ4n) is 1.67. The predicted molar refractivity (Wildman–Crippen MR) is 74.7 cm³/mol. The van der Waals surface area contributed by atoms with Crippen molar-refractivity contribution in [1.82, 2.24) is 0 Å². The number of hydrogen-bond acceptors (Lipinski definition) is 4. The molecule has 0 aliphatic carbocycles. The molecule has 0 atom stereocenters. The van der Waals surface area contributed by atoms with Crippen molar-refractivity contribution in [3.05, 3.63) is 11.1 Å². The molecule has 0 bridgehead atoms. The molecule has 0 N–H and O–H groups in total. The van der Waals surface area contributed by atoms with Crippen LogP contribution in [0.1, 0.15) is 59.8 Å². The SMILES string of the molecule is CCCOC(=O)C(CC)=C(CCC)C(=O)OCCC. The van der Waals surface area contributed by atoms with Crippen LogP contribution in [0, 0.1) is 0 Å². The maximum Gasteiger partial charge on any atom is 0.334 e. The van der Waals surface area contributed by atoms with Gasteiger partial charge in [0.2, 0.25) is 0 Å². The highest BCUT2D eigenvalue weighted by atomic mass is 16.5. The number of carbonyl (C=O) groups is 2. The molecule has 0 aromatic heterocycles. The van der Waals surface area contributed by atoms with E-state index in [0.29, 0.717) is 37.2 Å². The third kappa shape index (κ3) is 6.41. The molecular weight excluding hydrogens is 244 g/mol. The Labute approximate surface area is 116 Å². The van der Waals surface area contributed by atoms with Crippen LogP contribution in [-0.4, -0.2) is 25.2 Å². The summed E-state index contributed by atoms with van der Waals surface area (Å²) in [5.74, 6) is -0.768. The number of hydrogen-bond donors (Lipinski definition) is 0. The summed E-state index contributed by atoms with van der Waals surface area (Å²) in [4.78, 5) is 23.9. The number of carbonyl (C=O) groups excluding carboxylic acids is 2. The molecule has 0 spiro atoms. The van der Waals surface area contributed by atoms with Crippen LogP contribution < -0.4 is 0 Å². The minimum atomic E-state index is -0.388. The van der Waals surface area contributed by atoms with Crippen LogP contribution in [0.15, 0.2) is 11.1 Å². The summed E-state index contributed by atoms with van der Waals surface area (Å²) in [6.45, 7) is 8.46. The van der Waals surface area contributed by atoms with Gasteiger partial charge in [0.1, 0.15) is 0 Å². The molecule has 0 unspecified atom stereocenters. The third-order valence-corrected chi connectivity index (χ3v) is 2.59. The van der Waals surface area contributed by atoms with Gasteiger partial charge in [-0.05, 0) is 25.7 Å². The van der Waals surface area contributed by atoms with Crippen LogP contribution in [-0.2, 0) is 19.1 Å². The van der Waals surface area contributed by atoms with Crippen LogP contribution in [0.4, 0.5) is 0 Å². The second-order valence-corrected chi connectivity index (χ2v) is 4.33. The minimum absolute atomic E-state index is 0.381. The van der Waals surface area contributed by atoms with Crippen LogP contribution in [0.3, 0.4) is 0 Å². The average molecular weight is 270 g/mol. The summed E-state index contributed by atoms with van der Waals surface area (Å²) in [6, 6.07) is 0. The molecular formula is C15H26O4. The first-order valence-corrected chi connectivity index (χ1v) is 7.18. The molecule has 0 aromatic rings. The molecule has 0 radical (unpaired) electrons. The Kier molecular flexibility index (Phi) is 9.85. The Morgan fingerprint density at radius 1 is 0.737 bits per heavy atom. The fourth-order valence-corrected chi connectivity index (χ4v) is 1.67. The first-order chi connectivity index (χ1) is 9.12. The zero-order valence-corrected chi connectivity index (χ0v) is 12.6. The standard InChI is InChI=1S/C15H26O4/c1-5-9-13(15(17)19-11-7-3)12(8-4)14(16)18-10-6-2/h5-11H2,1-4H3. The molecule has 110 valence electrons. The molecule has 0 saturated heterocycles. The Morgan fingerprint density at radius 3 is 1.58 bits per heavy atom. The van der Waals surface area contributed by atoms with Gasteiger partial charge in [0.25, 0.3) is 0 Å². The van der Waals surface area contributed by atoms with E-state index in [9.17, 15) is 9.59 Å². The van der Waals surface area contributed by atoms with Gasteiger partial charge in [-0.3, -0.25) is 0 Å². The maximum absolute atomic E-state index is 12.0. The zero-order valence-electron chi connectivity index (χ0n) is 12.6. The molecule has 19 heavy (non-hydrogen) atoms. The maximum atomic E-state index is 12.0. The lowest BCUT2D eigenvalue weighted by Gasteiger charge is -2.12. The van der Waals surface area contributed by atoms with Crippen molar-refractivity contribution in [2.24, 2.45) is 0 Å². The Hall–Kier alpha value is -1.32. The van der Waals surface area contributed by atoms with Crippen molar-refractivity contribution in [1.29, 1.82) is 0 Å². The molecule has 4 heteroatoms. The van der Waals surface area contributed by atoms with Crippen LogP contribution in [0.5, 0.6) is 0 Å². The van der Waals surface area contributed by atoms with E-state index in [1.807, 2.05) is 27.7 Å². The first-order valence-electron chi connectivity index (χ1n) is 7.18. The number of ether oxygens (including phenoxy) is 2. The lowest BCUT2D eigenvalue weighted by Crippen LogP contribution is -2.17. The van der Waals surface area contributed by atoms with Crippen molar-refractivity contribution in [2.45, 2.75) is 59.8 Å². The average Bonchev–Trinajstić information content (AvgIpc) is 2.42. The Balaban J connectivity index is 5.05. The first kappa shape index (κ1) is 17.7. The third-order valence-electron chi connectivity index (χ3n) is 2.59. The van der Waals surface area contributed by atoms with E-state index in [-0.39, 0.29) is 11.9 Å². The van der Waals surface area contributed by atoms with Crippen LogP contribution >= 0.6 is 0 Å². The molecule has 4 nitrogen and oxygen atoms in total. The van der Waals surface area contributed by atoms with Crippen LogP contribution in [0.25, 0.3) is 0 Å².